The molecule has 0 aromatic rings. The second kappa shape index (κ2) is 58.6. The molecule has 0 aliphatic heterocycles. The zero-order chi connectivity index (χ0) is 52.2. The van der Waals surface area contributed by atoms with E-state index in [2.05, 4.69) is 179 Å². The summed E-state index contributed by atoms with van der Waals surface area (Å²) in [7, 11) is 0. The van der Waals surface area contributed by atoms with Crippen LogP contribution < -0.4 is 0 Å². The van der Waals surface area contributed by atoms with E-state index in [-0.39, 0.29) is 44.0 Å². The molecule has 1 unspecified atom stereocenters. The predicted molar refractivity (Wildman–Crippen MR) is 311 cm³/mol. The predicted octanol–water partition coefficient (Wildman–Crippen LogP) is 19.4. The van der Waals surface area contributed by atoms with Crippen molar-refractivity contribution in [1.29, 1.82) is 0 Å². The fraction of sp³-hybridized carbons (Fsp3) is 0.561. The summed E-state index contributed by atoms with van der Waals surface area (Å²) in [4.78, 5) is 38.2. The molecule has 0 aliphatic rings. The lowest BCUT2D eigenvalue weighted by Gasteiger charge is -2.18. The molecule has 6 nitrogen and oxygen atoms in total. The Labute approximate surface area is 441 Å². The van der Waals surface area contributed by atoms with E-state index in [1.54, 1.807) is 0 Å². The van der Waals surface area contributed by atoms with Crippen molar-refractivity contribution < 1.29 is 28.6 Å². The van der Waals surface area contributed by atoms with Gasteiger partial charge in [-0.25, -0.2) is 0 Å². The summed E-state index contributed by atoms with van der Waals surface area (Å²) in [6.45, 7) is 6.28. The van der Waals surface area contributed by atoms with Gasteiger partial charge in [0.25, 0.3) is 0 Å². The third-order valence-electron chi connectivity index (χ3n) is 11.3. The van der Waals surface area contributed by atoms with E-state index in [0.29, 0.717) is 12.8 Å². The van der Waals surface area contributed by atoms with Crippen LogP contribution in [0.1, 0.15) is 220 Å². The molecule has 6 heteroatoms. The highest BCUT2D eigenvalue weighted by molar-refractivity contribution is 5.71. The standard InChI is InChI=1S/C66H102O6/c1-4-7-10-13-16-19-22-25-28-31-33-36-38-41-44-47-50-53-56-59-65(68)71-62-63(61-70-64(67)58-55-52-49-46-43-40-37-34-30-27-24-21-18-15-12-9-6-3)72-66(69)60-57-54-51-48-45-42-39-35-32-29-26-23-20-17-14-11-8-5-2/h7,9-10,12,16,18-19,21,23,25-30,32-33,35-37,39-41,44,46,49,63H,4-6,8,11,13-15,17,20,22,24,31,34,38,42-43,45,47-48,50-62H2,1-3H3/b10-7-,12-9-,19-16-,21-18-,26-23-,28-25-,30-27-,32-29-,36-33-,39-35-,40-37-,44-41-,49-46-. The molecule has 0 rings (SSSR count). The minimum Gasteiger partial charge on any atom is -0.462 e. The highest BCUT2D eigenvalue weighted by atomic mass is 16.6. The summed E-state index contributed by atoms with van der Waals surface area (Å²) < 4.78 is 16.8. The molecule has 0 spiro atoms. The van der Waals surface area contributed by atoms with Gasteiger partial charge in [-0.05, 0) is 128 Å². The molecule has 0 radical (unpaired) electrons. The lowest BCUT2D eigenvalue weighted by atomic mass is 10.1. The molecule has 0 aromatic carbocycles. The molecule has 0 aromatic heterocycles. The van der Waals surface area contributed by atoms with Gasteiger partial charge in [-0.2, -0.15) is 0 Å². The van der Waals surface area contributed by atoms with E-state index < -0.39 is 6.10 Å². The molecule has 72 heavy (non-hydrogen) atoms. The summed E-state index contributed by atoms with van der Waals surface area (Å²) in [6.07, 6.45) is 85.2. The Balaban J connectivity index is 4.62. The number of allylic oxidation sites excluding steroid dienone is 26. The molecule has 0 aliphatic carbocycles. The van der Waals surface area contributed by atoms with Crippen molar-refractivity contribution in [2.24, 2.45) is 0 Å². The van der Waals surface area contributed by atoms with Crippen LogP contribution in [0.4, 0.5) is 0 Å². The van der Waals surface area contributed by atoms with Crippen LogP contribution in [0.15, 0.2) is 158 Å². The van der Waals surface area contributed by atoms with Crippen LogP contribution in [0, 0.1) is 0 Å². The highest BCUT2D eigenvalue weighted by Crippen LogP contribution is 2.12. The third kappa shape index (κ3) is 56.0. The Morgan fingerprint density at radius 2 is 0.611 bits per heavy atom. The van der Waals surface area contributed by atoms with Gasteiger partial charge in [0, 0.05) is 19.3 Å². The van der Waals surface area contributed by atoms with E-state index in [1.807, 2.05) is 0 Å². The first kappa shape index (κ1) is 67.0. The minimum absolute atomic E-state index is 0.129. The Morgan fingerprint density at radius 3 is 1.03 bits per heavy atom. The maximum atomic E-state index is 12.9. The molecule has 0 N–H and O–H groups in total. The first-order valence-electron chi connectivity index (χ1n) is 28.5. The van der Waals surface area contributed by atoms with Gasteiger partial charge < -0.3 is 14.2 Å². The van der Waals surface area contributed by atoms with Gasteiger partial charge in [0.2, 0.25) is 0 Å². The maximum absolute atomic E-state index is 12.9. The number of esters is 3. The van der Waals surface area contributed by atoms with Crippen LogP contribution in [-0.4, -0.2) is 37.2 Å². The first-order chi connectivity index (χ1) is 35.5. The Bertz CT molecular complexity index is 1660. The van der Waals surface area contributed by atoms with E-state index in [4.69, 9.17) is 14.2 Å². The van der Waals surface area contributed by atoms with Crippen molar-refractivity contribution in [2.45, 2.75) is 226 Å². The average molecular weight is 992 g/mol. The molecule has 0 saturated carbocycles. The normalized spacial score (nSPS) is 13.3. The third-order valence-corrected chi connectivity index (χ3v) is 11.3. The zero-order valence-electron chi connectivity index (χ0n) is 45.9. The van der Waals surface area contributed by atoms with E-state index >= 15 is 0 Å². The van der Waals surface area contributed by atoms with Crippen molar-refractivity contribution in [2.75, 3.05) is 13.2 Å². The van der Waals surface area contributed by atoms with Gasteiger partial charge in [-0.3, -0.25) is 14.4 Å². The molecule has 0 amide bonds. The van der Waals surface area contributed by atoms with Crippen molar-refractivity contribution >= 4 is 17.9 Å². The van der Waals surface area contributed by atoms with Gasteiger partial charge >= 0.3 is 17.9 Å². The summed E-state index contributed by atoms with van der Waals surface area (Å²) in [5.41, 5.74) is 0. The lowest BCUT2D eigenvalue weighted by Crippen LogP contribution is -2.30. The zero-order valence-corrected chi connectivity index (χ0v) is 45.9. The molecule has 0 fully saturated rings. The van der Waals surface area contributed by atoms with Crippen LogP contribution in [0.2, 0.25) is 0 Å². The Morgan fingerprint density at radius 1 is 0.306 bits per heavy atom. The lowest BCUT2D eigenvalue weighted by molar-refractivity contribution is -0.167. The SMILES string of the molecule is CC/C=C\C/C=C\C/C=C\C/C=C\C/C=C\CCCCCC(=O)OCC(COC(=O)CCC/C=C\C/C=C\C/C=C\C/C=C\C/C=C\CC)OC(=O)CCCCCCC\C=C/C=C\C=C/CCCCCCC. The molecular formula is C66H102O6. The monoisotopic (exact) mass is 991 g/mol. The molecule has 402 valence electrons. The molecule has 1 atom stereocenters. The van der Waals surface area contributed by atoms with Gasteiger partial charge in [-0.15, -0.1) is 0 Å². The van der Waals surface area contributed by atoms with Gasteiger partial charge in [0.1, 0.15) is 13.2 Å². The fourth-order valence-corrected chi connectivity index (χ4v) is 7.09. The number of hydrogen-bond acceptors (Lipinski definition) is 6. The van der Waals surface area contributed by atoms with Crippen LogP contribution in [0.5, 0.6) is 0 Å². The largest absolute Gasteiger partial charge is 0.462 e. The molecular weight excluding hydrogens is 889 g/mol. The van der Waals surface area contributed by atoms with Crippen LogP contribution >= 0.6 is 0 Å². The highest BCUT2D eigenvalue weighted by Gasteiger charge is 2.19. The molecule has 0 bridgehead atoms. The van der Waals surface area contributed by atoms with Gasteiger partial charge in [0.15, 0.2) is 6.10 Å². The van der Waals surface area contributed by atoms with Crippen molar-refractivity contribution in [3.63, 3.8) is 0 Å². The smallest absolute Gasteiger partial charge is 0.306 e. The minimum atomic E-state index is -0.835. The van der Waals surface area contributed by atoms with E-state index in [0.717, 1.165) is 141 Å². The van der Waals surface area contributed by atoms with E-state index in [9.17, 15) is 14.4 Å². The van der Waals surface area contributed by atoms with Gasteiger partial charge in [-0.1, -0.05) is 230 Å². The topological polar surface area (TPSA) is 78.9 Å². The van der Waals surface area contributed by atoms with E-state index in [1.165, 1.54) is 32.1 Å². The number of carbonyl (C=O) groups excluding carboxylic acids is 3. The summed E-state index contributed by atoms with van der Waals surface area (Å²) >= 11 is 0. The number of rotatable bonds is 49. The number of unbranched alkanes of at least 4 members (excludes halogenated alkanes) is 14. The van der Waals surface area contributed by atoms with Crippen LogP contribution in [-0.2, 0) is 28.6 Å². The Hall–Kier alpha value is -4.97. The quantitative estimate of drug-likeness (QED) is 0.0199. The molecule has 0 heterocycles. The second-order valence-electron chi connectivity index (χ2n) is 18.1. The van der Waals surface area contributed by atoms with Gasteiger partial charge in [0.05, 0.1) is 0 Å². The average Bonchev–Trinajstić information content (AvgIpc) is 3.38. The van der Waals surface area contributed by atoms with Crippen molar-refractivity contribution in [3.8, 4) is 0 Å². The number of carbonyl (C=O) groups is 3. The van der Waals surface area contributed by atoms with Crippen LogP contribution in [0.3, 0.4) is 0 Å². The summed E-state index contributed by atoms with van der Waals surface area (Å²) in [5.74, 6) is -1.05. The maximum Gasteiger partial charge on any atom is 0.306 e. The van der Waals surface area contributed by atoms with Crippen molar-refractivity contribution in [1.82, 2.24) is 0 Å². The first-order valence-corrected chi connectivity index (χ1v) is 28.5. The number of hydrogen-bond donors (Lipinski definition) is 0. The van der Waals surface area contributed by atoms with Crippen molar-refractivity contribution in [3.05, 3.63) is 158 Å². The summed E-state index contributed by atoms with van der Waals surface area (Å²) in [6, 6.07) is 0. The second-order valence-corrected chi connectivity index (χ2v) is 18.1. The van der Waals surface area contributed by atoms with Crippen LogP contribution in [0.25, 0.3) is 0 Å². The summed E-state index contributed by atoms with van der Waals surface area (Å²) in [5, 5.41) is 0. The fourth-order valence-electron chi connectivity index (χ4n) is 7.09. The molecule has 0 saturated heterocycles. The Kier molecular flexibility index (Phi) is 54.6. The number of ether oxygens (including phenoxy) is 3.